The molecule has 1 fully saturated rings. The first kappa shape index (κ1) is 7.80. The Labute approximate surface area is 62.8 Å². The molecule has 1 saturated carbocycles. The van der Waals surface area contributed by atoms with Gasteiger partial charge in [0.2, 0.25) is 0 Å². The number of hydrogen-bond acceptors (Lipinski definition) is 1. The summed E-state index contributed by atoms with van der Waals surface area (Å²) in [5.74, 6) is 1.31. The lowest BCUT2D eigenvalue weighted by atomic mass is 10.0. The maximum atomic E-state index is 8.90. The Kier molecular flexibility index (Phi) is 2.50. The van der Waals surface area contributed by atoms with Crippen molar-refractivity contribution in [3.05, 3.63) is 11.6 Å². The van der Waals surface area contributed by atoms with E-state index < -0.39 is 0 Å². The maximum Gasteiger partial charge on any atom is 0.0644 e. The second-order valence-corrected chi connectivity index (χ2v) is 3.39. The third-order valence-corrected chi connectivity index (χ3v) is 2.00. The van der Waals surface area contributed by atoms with Crippen LogP contribution in [0.2, 0.25) is 0 Å². The Morgan fingerprint density at radius 2 is 2.20 bits per heavy atom. The van der Waals surface area contributed by atoms with Gasteiger partial charge in [-0.05, 0) is 30.3 Å². The van der Waals surface area contributed by atoms with E-state index in [0.29, 0.717) is 5.92 Å². The zero-order valence-electron chi connectivity index (χ0n) is 6.80. The highest BCUT2D eigenvalue weighted by Gasteiger charge is 2.19. The summed E-state index contributed by atoms with van der Waals surface area (Å²) in [6.45, 7) is 4.50. The molecule has 0 heterocycles. The Hall–Kier alpha value is -0.300. The smallest absolute Gasteiger partial charge is 0.0644 e. The van der Waals surface area contributed by atoms with Crippen LogP contribution >= 0.6 is 0 Å². The molecule has 0 aromatic carbocycles. The highest BCUT2D eigenvalue weighted by molar-refractivity contribution is 5.10. The van der Waals surface area contributed by atoms with Crippen LogP contribution in [-0.4, -0.2) is 11.7 Å². The van der Waals surface area contributed by atoms with Crippen LogP contribution in [0.4, 0.5) is 0 Å². The average molecular weight is 140 g/mol. The molecule has 0 aromatic heterocycles. The zero-order valence-corrected chi connectivity index (χ0v) is 6.80. The molecule has 0 unspecified atom stereocenters. The molecule has 1 N–H and O–H groups in total. The van der Waals surface area contributed by atoms with E-state index in [1.54, 1.807) is 0 Å². The van der Waals surface area contributed by atoms with E-state index in [1.807, 2.05) is 0 Å². The van der Waals surface area contributed by atoms with E-state index >= 15 is 0 Å². The Balaban J connectivity index is 2.44. The number of hydrogen-bond donors (Lipinski definition) is 1. The van der Waals surface area contributed by atoms with Gasteiger partial charge in [0.15, 0.2) is 0 Å². The Morgan fingerprint density at radius 1 is 1.60 bits per heavy atom. The first-order valence-corrected chi connectivity index (χ1v) is 4.05. The van der Waals surface area contributed by atoms with Crippen molar-refractivity contribution >= 4 is 0 Å². The summed E-state index contributed by atoms with van der Waals surface area (Å²) in [7, 11) is 0. The number of allylic oxidation sites excluding steroid dienone is 1. The minimum Gasteiger partial charge on any atom is -0.392 e. The molecule has 0 radical (unpaired) electrons. The van der Waals surface area contributed by atoms with Crippen LogP contribution in [0.3, 0.4) is 0 Å². The predicted octanol–water partition coefficient (Wildman–Crippen LogP) is 1.97. The minimum atomic E-state index is 0.244. The van der Waals surface area contributed by atoms with Crippen molar-refractivity contribution in [2.75, 3.05) is 6.61 Å². The van der Waals surface area contributed by atoms with Crippen molar-refractivity contribution in [2.45, 2.75) is 26.7 Å². The molecule has 0 spiro atoms. The maximum absolute atomic E-state index is 8.90. The average Bonchev–Trinajstić information content (AvgIpc) is 2.64. The standard InChI is InChI=1S/C9H16O/c1-7(2)9(6-10)5-8-3-4-8/h5,7-8,10H,3-4,6H2,1-2H3/b9-5-. The van der Waals surface area contributed by atoms with Crippen LogP contribution in [0.1, 0.15) is 26.7 Å². The lowest BCUT2D eigenvalue weighted by molar-refractivity contribution is 0.318. The fourth-order valence-corrected chi connectivity index (χ4v) is 0.993. The predicted molar refractivity (Wildman–Crippen MR) is 42.7 cm³/mol. The van der Waals surface area contributed by atoms with E-state index in [4.69, 9.17) is 5.11 Å². The Morgan fingerprint density at radius 3 is 2.50 bits per heavy atom. The van der Waals surface area contributed by atoms with Crippen molar-refractivity contribution in [1.82, 2.24) is 0 Å². The summed E-state index contributed by atoms with van der Waals surface area (Å²) >= 11 is 0. The molecule has 1 nitrogen and oxygen atoms in total. The third kappa shape index (κ3) is 2.14. The van der Waals surface area contributed by atoms with Crippen LogP contribution in [0.15, 0.2) is 11.6 Å². The van der Waals surface area contributed by atoms with Gasteiger partial charge in [-0.15, -0.1) is 0 Å². The fraction of sp³-hybridized carbons (Fsp3) is 0.778. The zero-order chi connectivity index (χ0) is 7.56. The van der Waals surface area contributed by atoms with Gasteiger partial charge < -0.3 is 5.11 Å². The van der Waals surface area contributed by atoms with Gasteiger partial charge in [0, 0.05) is 0 Å². The van der Waals surface area contributed by atoms with E-state index in [9.17, 15) is 0 Å². The van der Waals surface area contributed by atoms with Gasteiger partial charge in [0.1, 0.15) is 0 Å². The summed E-state index contributed by atoms with van der Waals surface area (Å²) in [6, 6.07) is 0. The summed E-state index contributed by atoms with van der Waals surface area (Å²) in [5.41, 5.74) is 1.21. The van der Waals surface area contributed by atoms with Gasteiger partial charge in [-0.25, -0.2) is 0 Å². The van der Waals surface area contributed by atoms with Gasteiger partial charge in [0.05, 0.1) is 6.61 Å². The lowest BCUT2D eigenvalue weighted by Crippen LogP contribution is -1.99. The number of aliphatic hydroxyl groups is 1. The van der Waals surface area contributed by atoms with Crippen molar-refractivity contribution in [3.8, 4) is 0 Å². The largest absolute Gasteiger partial charge is 0.392 e. The summed E-state index contributed by atoms with van der Waals surface area (Å²) in [5, 5.41) is 8.90. The minimum absolute atomic E-state index is 0.244. The number of aliphatic hydroxyl groups excluding tert-OH is 1. The molecule has 0 aromatic rings. The number of rotatable bonds is 3. The summed E-state index contributed by atoms with van der Waals surface area (Å²) in [4.78, 5) is 0. The second-order valence-electron chi connectivity index (χ2n) is 3.39. The van der Waals surface area contributed by atoms with Crippen molar-refractivity contribution < 1.29 is 5.11 Å². The van der Waals surface area contributed by atoms with E-state index in [1.165, 1.54) is 18.4 Å². The van der Waals surface area contributed by atoms with Gasteiger partial charge in [-0.2, -0.15) is 0 Å². The molecule has 0 atom stereocenters. The quantitative estimate of drug-likeness (QED) is 0.594. The molecular formula is C9H16O. The molecule has 1 aliphatic carbocycles. The molecule has 1 heteroatoms. The first-order valence-electron chi connectivity index (χ1n) is 4.05. The highest BCUT2D eigenvalue weighted by atomic mass is 16.3. The SMILES string of the molecule is CC(C)/C(=C\C1CC1)CO. The highest BCUT2D eigenvalue weighted by Crippen LogP contribution is 2.32. The van der Waals surface area contributed by atoms with Crippen LogP contribution < -0.4 is 0 Å². The van der Waals surface area contributed by atoms with Crippen LogP contribution in [-0.2, 0) is 0 Å². The second kappa shape index (κ2) is 3.20. The van der Waals surface area contributed by atoms with E-state index in [2.05, 4.69) is 19.9 Å². The van der Waals surface area contributed by atoms with Crippen molar-refractivity contribution in [2.24, 2.45) is 11.8 Å². The Bertz CT molecular complexity index is 132. The third-order valence-electron chi connectivity index (χ3n) is 2.00. The molecule has 58 valence electrons. The topological polar surface area (TPSA) is 20.2 Å². The molecule has 1 rings (SSSR count). The van der Waals surface area contributed by atoms with Gasteiger partial charge in [0.25, 0.3) is 0 Å². The molecule has 0 amide bonds. The normalized spacial score (nSPS) is 20.2. The molecule has 1 aliphatic rings. The molecule has 0 bridgehead atoms. The van der Waals surface area contributed by atoms with E-state index in [-0.39, 0.29) is 6.61 Å². The molecule has 0 aliphatic heterocycles. The van der Waals surface area contributed by atoms with Crippen LogP contribution in [0.5, 0.6) is 0 Å². The van der Waals surface area contributed by atoms with Gasteiger partial charge in [-0.1, -0.05) is 19.9 Å². The van der Waals surface area contributed by atoms with Crippen LogP contribution in [0.25, 0.3) is 0 Å². The first-order chi connectivity index (χ1) is 4.74. The molecule has 0 saturated heterocycles. The summed E-state index contributed by atoms with van der Waals surface area (Å²) < 4.78 is 0. The summed E-state index contributed by atoms with van der Waals surface area (Å²) in [6.07, 6.45) is 4.90. The van der Waals surface area contributed by atoms with Gasteiger partial charge in [-0.3, -0.25) is 0 Å². The molecule has 10 heavy (non-hydrogen) atoms. The van der Waals surface area contributed by atoms with Gasteiger partial charge >= 0.3 is 0 Å². The fourth-order valence-electron chi connectivity index (χ4n) is 0.993. The lowest BCUT2D eigenvalue weighted by Gasteiger charge is -2.06. The van der Waals surface area contributed by atoms with Crippen molar-refractivity contribution in [3.63, 3.8) is 0 Å². The monoisotopic (exact) mass is 140 g/mol. The van der Waals surface area contributed by atoms with E-state index in [0.717, 1.165) is 5.92 Å². The molecular weight excluding hydrogens is 124 g/mol. The van der Waals surface area contributed by atoms with Crippen LogP contribution in [0, 0.1) is 11.8 Å². The van der Waals surface area contributed by atoms with Crippen molar-refractivity contribution in [1.29, 1.82) is 0 Å².